The monoisotopic (exact) mass is 364 g/mol. The molecule has 27 heavy (non-hydrogen) atoms. The van der Waals surface area contributed by atoms with E-state index in [0.29, 0.717) is 18.7 Å². The Morgan fingerprint density at radius 2 is 2.11 bits per heavy atom. The molecule has 1 aliphatic rings. The molecule has 0 aliphatic carbocycles. The number of amides is 1. The smallest absolute Gasteiger partial charge is 0.252 e. The number of carbonyl (C=O) groups excluding carboxylic acids is 1. The van der Waals surface area contributed by atoms with Crippen molar-refractivity contribution in [2.24, 2.45) is 0 Å². The molecule has 0 spiro atoms. The molecular formula is C21H24N4O2. The number of nitrogens with one attached hydrogen (secondary N) is 1. The maximum Gasteiger partial charge on any atom is 0.252 e. The van der Waals surface area contributed by atoms with Crippen LogP contribution in [0.2, 0.25) is 0 Å². The number of aromatic nitrogens is 3. The molecule has 4 rings (SSSR count). The molecule has 0 bridgehead atoms. The number of pyridine rings is 1. The van der Waals surface area contributed by atoms with E-state index in [2.05, 4.69) is 46.6 Å². The maximum absolute atomic E-state index is 12.7. The molecule has 2 aromatic heterocycles. The van der Waals surface area contributed by atoms with E-state index in [1.807, 2.05) is 17.7 Å². The topological polar surface area (TPSA) is 69.0 Å². The number of nitrogens with zero attached hydrogens (tertiary/aromatic N) is 3. The molecule has 3 aromatic rings. The van der Waals surface area contributed by atoms with Gasteiger partial charge >= 0.3 is 0 Å². The SMILES string of the molecule is Cc1ccc(Cn2ncc3c(C(=O)NC[C@@H]4CCCO4)cc(C)nc32)cc1. The molecule has 1 atom stereocenters. The quantitative estimate of drug-likeness (QED) is 0.756. The molecular weight excluding hydrogens is 340 g/mol. The van der Waals surface area contributed by atoms with Crippen molar-refractivity contribution < 1.29 is 9.53 Å². The molecule has 1 N–H and O–H groups in total. The van der Waals surface area contributed by atoms with Crippen LogP contribution in [0.1, 0.15) is 40.0 Å². The summed E-state index contributed by atoms with van der Waals surface area (Å²) < 4.78 is 7.44. The Kier molecular flexibility index (Phi) is 4.90. The van der Waals surface area contributed by atoms with Crippen LogP contribution >= 0.6 is 0 Å². The highest BCUT2D eigenvalue weighted by molar-refractivity contribution is 6.05. The predicted octanol–water partition coefficient (Wildman–Crippen LogP) is 3.01. The molecule has 6 heteroatoms. The highest BCUT2D eigenvalue weighted by Gasteiger charge is 2.19. The van der Waals surface area contributed by atoms with E-state index in [0.717, 1.165) is 41.7 Å². The van der Waals surface area contributed by atoms with E-state index in [4.69, 9.17) is 4.74 Å². The molecule has 1 aromatic carbocycles. The third kappa shape index (κ3) is 3.85. The van der Waals surface area contributed by atoms with Gasteiger partial charge in [-0.3, -0.25) is 4.79 Å². The summed E-state index contributed by atoms with van der Waals surface area (Å²) in [5.41, 5.74) is 4.53. The van der Waals surface area contributed by atoms with Crippen molar-refractivity contribution >= 4 is 16.9 Å². The zero-order valence-corrected chi connectivity index (χ0v) is 15.7. The lowest BCUT2D eigenvalue weighted by Crippen LogP contribution is -2.32. The first-order valence-corrected chi connectivity index (χ1v) is 9.38. The van der Waals surface area contributed by atoms with Crippen molar-refractivity contribution in [2.75, 3.05) is 13.2 Å². The van der Waals surface area contributed by atoms with Gasteiger partial charge in [-0.2, -0.15) is 5.10 Å². The maximum atomic E-state index is 12.7. The second kappa shape index (κ2) is 7.48. The third-order valence-corrected chi connectivity index (χ3v) is 4.95. The van der Waals surface area contributed by atoms with Gasteiger partial charge in [0.15, 0.2) is 5.65 Å². The fraction of sp³-hybridized carbons (Fsp3) is 0.381. The molecule has 1 saturated heterocycles. The molecule has 1 amide bonds. The Balaban J connectivity index is 1.59. The van der Waals surface area contributed by atoms with Gasteiger partial charge in [-0.05, 0) is 38.3 Å². The van der Waals surface area contributed by atoms with Crippen LogP contribution in [-0.4, -0.2) is 39.9 Å². The van der Waals surface area contributed by atoms with E-state index >= 15 is 0 Å². The number of hydrogen-bond acceptors (Lipinski definition) is 4. The summed E-state index contributed by atoms with van der Waals surface area (Å²) in [6, 6.07) is 10.2. The molecule has 0 saturated carbocycles. The first-order valence-electron chi connectivity index (χ1n) is 9.38. The van der Waals surface area contributed by atoms with E-state index in [9.17, 15) is 4.79 Å². The zero-order valence-electron chi connectivity index (χ0n) is 15.7. The largest absolute Gasteiger partial charge is 0.376 e. The Labute approximate surface area is 158 Å². The molecule has 1 aliphatic heterocycles. The van der Waals surface area contributed by atoms with Gasteiger partial charge in [0.1, 0.15) is 0 Å². The van der Waals surface area contributed by atoms with Crippen LogP contribution in [0.25, 0.3) is 11.0 Å². The highest BCUT2D eigenvalue weighted by atomic mass is 16.5. The van der Waals surface area contributed by atoms with Gasteiger partial charge < -0.3 is 10.1 Å². The summed E-state index contributed by atoms with van der Waals surface area (Å²) in [7, 11) is 0. The Morgan fingerprint density at radius 3 is 2.85 bits per heavy atom. The number of ether oxygens (including phenoxy) is 1. The average molecular weight is 364 g/mol. The van der Waals surface area contributed by atoms with Gasteiger partial charge in [0.2, 0.25) is 0 Å². The first-order chi connectivity index (χ1) is 13.1. The van der Waals surface area contributed by atoms with Gasteiger partial charge in [-0.25, -0.2) is 9.67 Å². The third-order valence-electron chi connectivity index (χ3n) is 4.95. The summed E-state index contributed by atoms with van der Waals surface area (Å²) in [6.45, 7) is 5.92. The van der Waals surface area contributed by atoms with Crippen molar-refractivity contribution in [3.05, 3.63) is 58.9 Å². The van der Waals surface area contributed by atoms with Gasteiger partial charge in [0.25, 0.3) is 5.91 Å². The number of rotatable bonds is 5. The minimum Gasteiger partial charge on any atom is -0.376 e. The predicted molar refractivity (Wildman–Crippen MR) is 104 cm³/mol. The van der Waals surface area contributed by atoms with Gasteiger partial charge in [-0.15, -0.1) is 0 Å². The van der Waals surface area contributed by atoms with E-state index in [1.165, 1.54) is 5.56 Å². The molecule has 3 heterocycles. The minimum absolute atomic E-state index is 0.101. The fourth-order valence-corrected chi connectivity index (χ4v) is 3.45. The summed E-state index contributed by atoms with van der Waals surface area (Å²) >= 11 is 0. The second-order valence-corrected chi connectivity index (χ2v) is 7.18. The Hall–Kier alpha value is -2.73. The van der Waals surface area contributed by atoms with Crippen LogP contribution in [0.3, 0.4) is 0 Å². The summed E-state index contributed by atoms with van der Waals surface area (Å²) in [5, 5.41) is 8.26. The Bertz CT molecular complexity index is 956. The van der Waals surface area contributed by atoms with Crippen LogP contribution in [0, 0.1) is 13.8 Å². The standard InChI is InChI=1S/C21H24N4O2/c1-14-5-7-16(8-6-14)13-25-20-19(12-23-25)18(10-15(2)24-20)21(26)22-11-17-4-3-9-27-17/h5-8,10,12,17H,3-4,9,11,13H2,1-2H3,(H,22,26)/t17-/m0/s1. The van der Waals surface area contributed by atoms with Crippen LogP contribution in [0.4, 0.5) is 0 Å². The summed E-state index contributed by atoms with van der Waals surface area (Å²) in [6.07, 6.45) is 3.91. The van der Waals surface area contributed by atoms with Crippen LogP contribution in [0.5, 0.6) is 0 Å². The number of hydrogen-bond donors (Lipinski definition) is 1. The number of carbonyl (C=O) groups is 1. The van der Waals surface area contributed by atoms with Gasteiger partial charge in [0, 0.05) is 18.8 Å². The number of aryl methyl sites for hydroxylation is 2. The average Bonchev–Trinajstić information content (AvgIpc) is 3.31. The molecule has 6 nitrogen and oxygen atoms in total. The number of fused-ring (bicyclic) bond motifs is 1. The van der Waals surface area contributed by atoms with Crippen LogP contribution in [-0.2, 0) is 11.3 Å². The first kappa shape index (κ1) is 17.7. The minimum atomic E-state index is -0.101. The lowest BCUT2D eigenvalue weighted by atomic mass is 10.1. The van der Waals surface area contributed by atoms with E-state index < -0.39 is 0 Å². The van der Waals surface area contributed by atoms with Crippen molar-refractivity contribution in [2.45, 2.75) is 39.3 Å². The lowest BCUT2D eigenvalue weighted by Gasteiger charge is -2.12. The molecule has 0 unspecified atom stereocenters. The second-order valence-electron chi connectivity index (χ2n) is 7.18. The van der Waals surface area contributed by atoms with Crippen molar-refractivity contribution in [1.29, 1.82) is 0 Å². The van der Waals surface area contributed by atoms with Crippen molar-refractivity contribution in [1.82, 2.24) is 20.1 Å². The van der Waals surface area contributed by atoms with E-state index in [-0.39, 0.29) is 12.0 Å². The zero-order chi connectivity index (χ0) is 18.8. The van der Waals surface area contributed by atoms with Gasteiger partial charge in [-0.1, -0.05) is 29.8 Å². The molecule has 140 valence electrons. The normalized spacial score (nSPS) is 16.7. The van der Waals surface area contributed by atoms with Crippen molar-refractivity contribution in [3.63, 3.8) is 0 Å². The number of benzene rings is 1. The molecule has 1 fully saturated rings. The summed E-state index contributed by atoms with van der Waals surface area (Å²) in [4.78, 5) is 17.4. The summed E-state index contributed by atoms with van der Waals surface area (Å²) in [5.74, 6) is -0.101. The highest BCUT2D eigenvalue weighted by Crippen LogP contribution is 2.20. The fourth-order valence-electron chi connectivity index (χ4n) is 3.45. The van der Waals surface area contributed by atoms with E-state index in [1.54, 1.807) is 6.20 Å². The van der Waals surface area contributed by atoms with Gasteiger partial charge in [0.05, 0.1) is 29.8 Å². The van der Waals surface area contributed by atoms with Crippen LogP contribution < -0.4 is 5.32 Å². The van der Waals surface area contributed by atoms with Crippen LogP contribution in [0.15, 0.2) is 36.5 Å². The van der Waals surface area contributed by atoms with Crippen molar-refractivity contribution in [3.8, 4) is 0 Å². The Morgan fingerprint density at radius 1 is 1.30 bits per heavy atom. The lowest BCUT2D eigenvalue weighted by molar-refractivity contribution is 0.0859. The molecule has 0 radical (unpaired) electrons.